The maximum atomic E-state index is 10.2. The average Bonchev–Trinajstić information content (AvgIpc) is 2.45. The van der Waals surface area contributed by atoms with E-state index in [-0.39, 0.29) is 16.9 Å². The molecule has 4 heteroatoms. The summed E-state index contributed by atoms with van der Waals surface area (Å²) in [5, 5.41) is 0. The van der Waals surface area contributed by atoms with Gasteiger partial charge >= 0.3 is 0 Å². The Morgan fingerprint density at radius 3 is 2.27 bits per heavy atom. The van der Waals surface area contributed by atoms with Gasteiger partial charge in [0.1, 0.15) is 6.26 Å². The van der Waals surface area contributed by atoms with Crippen molar-refractivity contribution in [2.75, 3.05) is 0 Å². The summed E-state index contributed by atoms with van der Waals surface area (Å²) in [5.74, 6) is -0.109. The van der Waals surface area contributed by atoms with E-state index in [2.05, 4.69) is 4.42 Å². The quantitative estimate of drug-likeness (QED) is 0.598. The van der Waals surface area contributed by atoms with Crippen LogP contribution in [-0.2, 0) is 0 Å². The number of rotatable bonds is 3. The van der Waals surface area contributed by atoms with Crippen LogP contribution in [0.25, 0.3) is 0 Å². The van der Waals surface area contributed by atoms with Crippen molar-refractivity contribution in [1.82, 2.24) is 0 Å². The summed E-state index contributed by atoms with van der Waals surface area (Å²) in [6, 6.07) is 0. The zero-order valence-electron chi connectivity index (χ0n) is 5.44. The third kappa shape index (κ3) is 1.10. The average molecular weight is 152 g/mol. The van der Waals surface area contributed by atoms with E-state index < -0.39 is 0 Å². The van der Waals surface area contributed by atoms with Gasteiger partial charge in [0.25, 0.3) is 0 Å². The minimum atomic E-state index is -0.109. The first-order chi connectivity index (χ1) is 5.33. The second kappa shape index (κ2) is 2.92. The normalized spacial score (nSPS) is 9.09. The number of carbonyl (C=O) groups excluding carboxylic acids is 3. The molecule has 0 N–H and O–H groups in total. The summed E-state index contributed by atoms with van der Waals surface area (Å²) in [5.41, 5.74) is 0.108. The largest absolute Gasteiger partial charge is 0.460 e. The van der Waals surface area contributed by atoms with E-state index in [4.69, 9.17) is 0 Å². The van der Waals surface area contributed by atoms with Gasteiger partial charge in [-0.3, -0.25) is 14.4 Å². The van der Waals surface area contributed by atoms with E-state index in [1.54, 1.807) is 0 Å². The fraction of sp³-hybridized carbons (Fsp3) is 0. The lowest BCUT2D eigenvalue weighted by Gasteiger charge is -1.81. The van der Waals surface area contributed by atoms with E-state index in [9.17, 15) is 14.4 Å². The Hall–Kier alpha value is -1.71. The predicted octanol–water partition coefficient (Wildman–Crippen LogP) is 0.717. The lowest BCUT2D eigenvalue weighted by Crippen LogP contribution is -1.88. The van der Waals surface area contributed by atoms with Crippen molar-refractivity contribution in [3.05, 3.63) is 23.2 Å². The molecule has 0 fully saturated rings. The fourth-order valence-corrected chi connectivity index (χ4v) is 0.705. The molecule has 0 atom stereocenters. The molecule has 0 bridgehead atoms. The Bertz CT molecular complexity index is 272. The van der Waals surface area contributed by atoms with Crippen molar-refractivity contribution in [1.29, 1.82) is 0 Å². The van der Waals surface area contributed by atoms with E-state index in [1.807, 2.05) is 0 Å². The van der Waals surface area contributed by atoms with Crippen LogP contribution in [0.3, 0.4) is 0 Å². The van der Waals surface area contributed by atoms with E-state index in [0.29, 0.717) is 18.9 Å². The van der Waals surface area contributed by atoms with Crippen molar-refractivity contribution in [3.8, 4) is 0 Å². The molecular weight excluding hydrogens is 148 g/mol. The van der Waals surface area contributed by atoms with Crippen LogP contribution in [0.4, 0.5) is 0 Å². The van der Waals surface area contributed by atoms with Crippen molar-refractivity contribution < 1.29 is 18.8 Å². The SMILES string of the molecule is O=Cc1coc(C=O)c1C=O. The van der Waals surface area contributed by atoms with Gasteiger partial charge in [0.15, 0.2) is 24.6 Å². The molecule has 0 radical (unpaired) electrons. The van der Waals surface area contributed by atoms with Gasteiger partial charge in [-0.2, -0.15) is 0 Å². The molecule has 0 aliphatic rings. The minimum Gasteiger partial charge on any atom is -0.460 e. The smallest absolute Gasteiger partial charge is 0.186 e. The molecule has 0 aliphatic heterocycles. The molecule has 11 heavy (non-hydrogen) atoms. The summed E-state index contributed by atoms with van der Waals surface area (Å²) in [4.78, 5) is 30.6. The first-order valence-corrected chi connectivity index (χ1v) is 2.80. The van der Waals surface area contributed by atoms with E-state index in [0.717, 1.165) is 6.26 Å². The Morgan fingerprint density at radius 1 is 1.09 bits per heavy atom. The van der Waals surface area contributed by atoms with Gasteiger partial charge in [-0.1, -0.05) is 0 Å². The Morgan fingerprint density at radius 2 is 1.82 bits per heavy atom. The number of aldehydes is 3. The molecule has 1 aromatic heterocycles. The highest BCUT2D eigenvalue weighted by Crippen LogP contribution is 2.10. The maximum absolute atomic E-state index is 10.2. The van der Waals surface area contributed by atoms with Gasteiger partial charge in [0, 0.05) is 0 Å². The molecule has 0 saturated heterocycles. The molecule has 0 aromatic carbocycles. The maximum Gasteiger partial charge on any atom is 0.186 e. The van der Waals surface area contributed by atoms with Crippen LogP contribution in [0.2, 0.25) is 0 Å². The summed E-state index contributed by atoms with van der Waals surface area (Å²) in [7, 11) is 0. The summed E-state index contributed by atoms with van der Waals surface area (Å²) >= 11 is 0. The third-order valence-electron chi connectivity index (χ3n) is 1.24. The highest BCUT2D eigenvalue weighted by Gasteiger charge is 2.10. The summed E-state index contributed by atoms with van der Waals surface area (Å²) in [6.07, 6.45) is 2.33. The fourth-order valence-electron chi connectivity index (χ4n) is 0.705. The molecule has 0 saturated carbocycles. The van der Waals surface area contributed by atoms with Crippen molar-refractivity contribution in [2.24, 2.45) is 0 Å². The third-order valence-corrected chi connectivity index (χ3v) is 1.24. The monoisotopic (exact) mass is 152 g/mol. The van der Waals surface area contributed by atoms with Crippen LogP contribution >= 0.6 is 0 Å². The van der Waals surface area contributed by atoms with Crippen molar-refractivity contribution >= 4 is 18.9 Å². The second-order valence-electron chi connectivity index (χ2n) is 1.82. The van der Waals surface area contributed by atoms with Crippen LogP contribution in [0, 0.1) is 0 Å². The van der Waals surface area contributed by atoms with Crippen LogP contribution in [0.5, 0.6) is 0 Å². The molecule has 0 amide bonds. The molecule has 56 valence electrons. The lowest BCUT2D eigenvalue weighted by atomic mass is 10.2. The van der Waals surface area contributed by atoms with Gasteiger partial charge in [-0.05, 0) is 0 Å². The zero-order valence-corrected chi connectivity index (χ0v) is 5.44. The molecular formula is C7H4O4. The summed E-state index contributed by atoms with van der Waals surface area (Å²) < 4.78 is 4.60. The van der Waals surface area contributed by atoms with Crippen LogP contribution < -0.4 is 0 Å². The Labute approximate surface area is 61.8 Å². The molecule has 1 aromatic rings. The van der Waals surface area contributed by atoms with Crippen molar-refractivity contribution in [2.45, 2.75) is 0 Å². The first-order valence-electron chi connectivity index (χ1n) is 2.80. The highest BCUT2D eigenvalue weighted by molar-refractivity contribution is 5.96. The van der Waals surface area contributed by atoms with Gasteiger partial charge in [-0.15, -0.1) is 0 Å². The molecule has 0 spiro atoms. The lowest BCUT2D eigenvalue weighted by molar-refractivity contribution is 0.107. The predicted molar refractivity (Wildman–Crippen MR) is 34.9 cm³/mol. The molecule has 0 aliphatic carbocycles. The summed E-state index contributed by atoms with van der Waals surface area (Å²) in [6.45, 7) is 0. The number of hydrogen-bond donors (Lipinski definition) is 0. The topological polar surface area (TPSA) is 64.3 Å². The zero-order chi connectivity index (χ0) is 8.27. The number of furan rings is 1. The molecule has 1 heterocycles. The van der Waals surface area contributed by atoms with E-state index in [1.165, 1.54) is 0 Å². The number of hydrogen-bond acceptors (Lipinski definition) is 4. The molecule has 4 nitrogen and oxygen atoms in total. The number of carbonyl (C=O) groups is 3. The van der Waals surface area contributed by atoms with Crippen LogP contribution in [0.15, 0.2) is 10.7 Å². The first kappa shape index (κ1) is 7.40. The molecule has 1 rings (SSSR count). The molecule has 0 unspecified atom stereocenters. The van der Waals surface area contributed by atoms with Crippen molar-refractivity contribution in [3.63, 3.8) is 0 Å². The van der Waals surface area contributed by atoms with Gasteiger partial charge < -0.3 is 4.42 Å². The van der Waals surface area contributed by atoms with Gasteiger partial charge in [0.2, 0.25) is 0 Å². The van der Waals surface area contributed by atoms with Gasteiger partial charge in [-0.25, -0.2) is 0 Å². The van der Waals surface area contributed by atoms with Crippen LogP contribution in [0.1, 0.15) is 31.3 Å². The van der Waals surface area contributed by atoms with Gasteiger partial charge in [0.05, 0.1) is 11.1 Å². The van der Waals surface area contributed by atoms with E-state index >= 15 is 0 Å². The van der Waals surface area contributed by atoms with Crippen LogP contribution in [-0.4, -0.2) is 18.9 Å². The Kier molecular flexibility index (Phi) is 1.96. The Balaban J connectivity index is 3.29. The minimum absolute atomic E-state index is 0.00926. The standard InChI is InChI=1S/C7H4O4/c8-1-5-4-11-7(3-10)6(5)2-9/h1-4H. The second-order valence-corrected chi connectivity index (χ2v) is 1.82. The highest BCUT2D eigenvalue weighted by atomic mass is 16.3.